The normalized spacial score (nSPS) is 11.2. The Morgan fingerprint density at radius 1 is 1.28 bits per heavy atom. The number of carbonyl (C=O) groups is 2. The summed E-state index contributed by atoms with van der Waals surface area (Å²) in [5.41, 5.74) is 6.39. The van der Waals surface area contributed by atoms with Crippen molar-refractivity contribution in [3.8, 4) is 0 Å². The van der Waals surface area contributed by atoms with Crippen LogP contribution in [0.25, 0.3) is 0 Å². The van der Waals surface area contributed by atoms with E-state index in [2.05, 4.69) is 10.3 Å². The molecule has 1 aromatic rings. The van der Waals surface area contributed by atoms with Crippen molar-refractivity contribution >= 4 is 12.1 Å². The van der Waals surface area contributed by atoms with E-state index in [1.54, 1.807) is 33.0 Å². The first kappa shape index (κ1) is 25.1. The van der Waals surface area contributed by atoms with Crippen molar-refractivity contribution in [3.63, 3.8) is 0 Å². The lowest BCUT2D eigenvalue weighted by molar-refractivity contribution is -0.143. The highest BCUT2D eigenvalue weighted by atomic mass is 16.6. The third-order valence-corrected chi connectivity index (χ3v) is 2.71. The molecular weight excluding hydrogens is 322 g/mol. The van der Waals surface area contributed by atoms with Crippen LogP contribution in [0.3, 0.4) is 0 Å². The third kappa shape index (κ3) is 10.3. The molecule has 7 nitrogen and oxygen atoms in total. The molecular formula is C18H33N3O4. The van der Waals surface area contributed by atoms with E-state index in [9.17, 15) is 9.59 Å². The van der Waals surface area contributed by atoms with Crippen molar-refractivity contribution in [3.05, 3.63) is 29.6 Å². The molecule has 0 radical (unpaired) electrons. The Hall–Kier alpha value is -2.15. The lowest BCUT2D eigenvalue weighted by atomic mass is 10.1. The number of ether oxygens (including phenoxy) is 2. The largest absolute Gasteiger partial charge is 0.467 e. The Bertz CT molecular complexity index is 510. The summed E-state index contributed by atoms with van der Waals surface area (Å²) < 4.78 is 9.85. The molecule has 0 aromatic carbocycles. The zero-order valence-corrected chi connectivity index (χ0v) is 15.4. The van der Waals surface area contributed by atoms with Gasteiger partial charge in [0, 0.05) is 24.9 Å². The number of hydrogen-bond donors (Lipinski definition) is 2. The number of nitrogens with zero attached hydrogens (tertiary/aromatic N) is 1. The molecule has 25 heavy (non-hydrogen) atoms. The first-order valence-electron chi connectivity index (χ1n) is 7.96. The summed E-state index contributed by atoms with van der Waals surface area (Å²) in [5.74, 6) is -0.560. The van der Waals surface area contributed by atoms with Crippen molar-refractivity contribution in [1.82, 2.24) is 10.3 Å². The number of pyridine rings is 1. The second-order valence-corrected chi connectivity index (χ2v) is 5.79. The summed E-state index contributed by atoms with van der Waals surface area (Å²) in [6.45, 7) is 9.62. The van der Waals surface area contributed by atoms with Crippen LogP contribution in [0.1, 0.15) is 53.3 Å². The van der Waals surface area contributed by atoms with Gasteiger partial charge in [-0.1, -0.05) is 27.3 Å². The number of aromatic nitrogens is 1. The minimum absolute atomic E-state index is 0. The van der Waals surface area contributed by atoms with Crippen LogP contribution >= 0.6 is 0 Å². The number of amides is 1. The number of esters is 1. The van der Waals surface area contributed by atoms with E-state index in [0.29, 0.717) is 12.2 Å². The van der Waals surface area contributed by atoms with Gasteiger partial charge in [-0.2, -0.15) is 0 Å². The summed E-state index contributed by atoms with van der Waals surface area (Å²) in [7, 11) is 1.26. The van der Waals surface area contributed by atoms with Crippen LogP contribution in [-0.2, 0) is 27.2 Å². The van der Waals surface area contributed by atoms with E-state index >= 15 is 0 Å². The topological polar surface area (TPSA) is 104 Å². The minimum Gasteiger partial charge on any atom is -0.467 e. The van der Waals surface area contributed by atoms with Gasteiger partial charge in [0.25, 0.3) is 0 Å². The van der Waals surface area contributed by atoms with E-state index in [1.807, 2.05) is 19.9 Å². The second kappa shape index (κ2) is 12.2. The lowest BCUT2D eigenvalue weighted by Crippen LogP contribution is -2.45. The van der Waals surface area contributed by atoms with Gasteiger partial charge in [-0.3, -0.25) is 4.98 Å². The Labute approximate surface area is 151 Å². The molecule has 0 bridgehead atoms. The van der Waals surface area contributed by atoms with Crippen molar-refractivity contribution in [1.29, 1.82) is 0 Å². The summed E-state index contributed by atoms with van der Waals surface area (Å²) in [6.07, 6.45) is 1.16. The van der Waals surface area contributed by atoms with E-state index in [0.717, 1.165) is 5.56 Å². The average molecular weight is 355 g/mol. The first-order chi connectivity index (χ1) is 11.2. The smallest absolute Gasteiger partial charge is 0.408 e. The molecule has 7 heteroatoms. The molecule has 144 valence electrons. The van der Waals surface area contributed by atoms with Crippen LogP contribution in [0.5, 0.6) is 0 Å². The average Bonchev–Trinajstić information content (AvgIpc) is 2.54. The molecule has 1 rings (SSSR count). The molecule has 1 amide bonds. The molecule has 1 atom stereocenters. The predicted molar refractivity (Wildman–Crippen MR) is 99.1 cm³/mol. The van der Waals surface area contributed by atoms with Crippen LogP contribution in [0.4, 0.5) is 4.79 Å². The van der Waals surface area contributed by atoms with Crippen molar-refractivity contribution < 1.29 is 19.1 Å². The van der Waals surface area contributed by atoms with Crippen LogP contribution in [0.15, 0.2) is 18.3 Å². The molecule has 3 N–H and O–H groups in total. The highest BCUT2D eigenvalue weighted by Crippen LogP contribution is 2.09. The summed E-state index contributed by atoms with van der Waals surface area (Å²) in [4.78, 5) is 27.8. The van der Waals surface area contributed by atoms with Gasteiger partial charge in [-0.15, -0.1) is 0 Å². The number of alkyl carbamates (subject to hydrolysis) is 1. The van der Waals surface area contributed by atoms with E-state index in [-0.39, 0.29) is 13.8 Å². The monoisotopic (exact) mass is 355 g/mol. The molecule has 0 spiro atoms. The number of carbonyl (C=O) groups excluding carboxylic acids is 2. The number of rotatable bonds is 5. The highest BCUT2D eigenvalue weighted by molar-refractivity contribution is 5.81. The summed E-state index contributed by atoms with van der Waals surface area (Å²) >= 11 is 0. The van der Waals surface area contributed by atoms with Crippen molar-refractivity contribution in [2.24, 2.45) is 5.73 Å². The van der Waals surface area contributed by atoms with Crippen LogP contribution in [0, 0.1) is 0 Å². The fourth-order valence-corrected chi connectivity index (χ4v) is 1.69. The van der Waals surface area contributed by atoms with Gasteiger partial charge in [-0.05, 0) is 32.4 Å². The minimum atomic E-state index is -0.865. The maximum atomic E-state index is 11.8. The Balaban J connectivity index is 0. The van der Waals surface area contributed by atoms with E-state index in [1.165, 1.54) is 7.11 Å². The molecule has 0 aliphatic carbocycles. The third-order valence-electron chi connectivity index (χ3n) is 2.71. The Morgan fingerprint density at radius 2 is 1.88 bits per heavy atom. The fraction of sp³-hybridized carbons (Fsp3) is 0.611. The van der Waals surface area contributed by atoms with Gasteiger partial charge in [0.15, 0.2) is 0 Å². The van der Waals surface area contributed by atoms with Crippen LogP contribution in [-0.4, -0.2) is 35.8 Å². The maximum Gasteiger partial charge on any atom is 0.408 e. The number of methoxy groups -OCH3 is 1. The molecule has 0 saturated heterocycles. The quantitative estimate of drug-likeness (QED) is 0.787. The first-order valence-corrected chi connectivity index (χ1v) is 7.96. The zero-order valence-electron chi connectivity index (χ0n) is 15.4. The van der Waals surface area contributed by atoms with Gasteiger partial charge < -0.3 is 20.5 Å². The second-order valence-electron chi connectivity index (χ2n) is 5.79. The zero-order chi connectivity index (χ0) is 18.8. The molecule has 1 heterocycles. The summed E-state index contributed by atoms with van der Waals surface area (Å²) in [5, 5.41) is 2.50. The van der Waals surface area contributed by atoms with Gasteiger partial charge in [0.05, 0.1) is 7.11 Å². The number of nitrogens with two attached hydrogens (primary N) is 1. The number of nitrogens with one attached hydrogen (secondary N) is 1. The van der Waals surface area contributed by atoms with E-state index < -0.39 is 23.7 Å². The van der Waals surface area contributed by atoms with E-state index in [4.69, 9.17) is 15.2 Å². The van der Waals surface area contributed by atoms with Crippen LogP contribution in [0.2, 0.25) is 0 Å². The maximum absolute atomic E-state index is 11.8. The summed E-state index contributed by atoms with van der Waals surface area (Å²) in [6, 6.07) is 2.72. The van der Waals surface area contributed by atoms with Gasteiger partial charge in [-0.25, -0.2) is 9.59 Å². The standard InChI is InChI=1S/C15H23N3O4.C2H6.CH4/c1-15(2,3)22-14(20)18-12(13(19)21-4)7-11-6-5-10(8-16)9-17-11;1-2;/h5-6,9,12H,7-8,16H2,1-4H3,(H,18,20);1-2H3;1H4/t12-;;/m0../s1. The Morgan fingerprint density at radius 3 is 2.28 bits per heavy atom. The molecule has 0 fully saturated rings. The number of hydrogen-bond acceptors (Lipinski definition) is 6. The van der Waals surface area contributed by atoms with Gasteiger partial charge in [0.2, 0.25) is 0 Å². The lowest BCUT2D eigenvalue weighted by Gasteiger charge is -2.22. The molecule has 0 aliphatic rings. The molecule has 0 saturated carbocycles. The molecule has 0 aliphatic heterocycles. The van der Waals surface area contributed by atoms with Gasteiger partial charge in [0.1, 0.15) is 11.6 Å². The van der Waals surface area contributed by atoms with Crippen molar-refractivity contribution in [2.45, 2.75) is 66.7 Å². The fourth-order valence-electron chi connectivity index (χ4n) is 1.69. The van der Waals surface area contributed by atoms with Crippen molar-refractivity contribution in [2.75, 3.05) is 7.11 Å². The van der Waals surface area contributed by atoms with Crippen LogP contribution < -0.4 is 11.1 Å². The van der Waals surface area contributed by atoms with Gasteiger partial charge >= 0.3 is 12.1 Å². The molecule has 0 unspecified atom stereocenters. The molecule has 1 aromatic heterocycles. The highest BCUT2D eigenvalue weighted by Gasteiger charge is 2.25. The predicted octanol–water partition coefficient (Wildman–Crippen LogP) is 2.81. The Kier molecular flexibility index (Phi) is 12.3. The SMILES string of the molecule is C.CC.COC(=O)[C@H](Cc1ccc(CN)cn1)NC(=O)OC(C)(C)C.